The topological polar surface area (TPSA) is 46.7 Å². The summed E-state index contributed by atoms with van der Waals surface area (Å²) in [5, 5.41) is 0. The van der Waals surface area contributed by atoms with Crippen molar-refractivity contribution >= 4 is 33.1 Å². The Kier molecular flexibility index (Phi) is 17.5. The fourth-order valence-electron chi connectivity index (χ4n) is 6.65. The summed E-state index contributed by atoms with van der Waals surface area (Å²) in [7, 11) is -4.66. The third kappa shape index (κ3) is 13.1. The Morgan fingerprint density at radius 1 is 0.800 bits per heavy atom. The van der Waals surface area contributed by atoms with Gasteiger partial charge >= 0.3 is 26.2 Å². The van der Waals surface area contributed by atoms with Gasteiger partial charge in [0.25, 0.3) is 0 Å². The Hall–Kier alpha value is 0.681. The predicted octanol–water partition coefficient (Wildman–Crippen LogP) is 10.1. The zero-order valence-electron chi connectivity index (χ0n) is 28.5. The molecule has 1 aromatic carbocycles. The van der Waals surface area contributed by atoms with E-state index in [2.05, 4.69) is 101 Å². The van der Waals surface area contributed by atoms with Crippen LogP contribution in [-0.4, -0.2) is 59.4 Å². The van der Waals surface area contributed by atoms with E-state index in [-0.39, 0.29) is 26.2 Å². The van der Waals surface area contributed by atoms with Crippen molar-refractivity contribution in [3.05, 3.63) is 58.7 Å². The van der Waals surface area contributed by atoms with E-state index >= 15 is 0 Å². The van der Waals surface area contributed by atoms with E-state index in [4.69, 9.17) is 18.8 Å². The van der Waals surface area contributed by atoms with Gasteiger partial charge in [0.1, 0.15) is 0 Å². The van der Waals surface area contributed by atoms with E-state index in [9.17, 15) is 0 Å². The second-order valence-corrected chi connectivity index (χ2v) is 31.9. The third-order valence-corrected chi connectivity index (χ3v) is 19.7. The first-order chi connectivity index (χ1) is 17.8. The quantitative estimate of drug-likeness (QED) is 0.152. The average molecular weight is 698 g/mol. The molecule has 1 fully saturated rings. The smallest absolute Gasteiger partial charge is 0.669 e. The van der Waals surface area contributed by atoms with Gasteiger partial charge in [0.05, 0.1) is 0 Å². The molecule has 1 aliphatic carbocycles. The van der Waals surface area contributed by atoms with Crippen LogP contribution in [0.3, 0.4) is 0 Å². The minimum atomic E-state index is -1.90. The molecule has 9 heteroatoms. The summed E-state index contributed by atoms with van der Waals surface area (Å²) < 4.78 is 12.6. The maximum atomic E-state index is 6.35. The standard InChI is InChI=1S/C24H55N2O2Si4.C7H7.Zr/c1-19(2)26-32(14,18-16-28-30(10,11)12)24-21(4)20(3)23(22(24)5)31(13,25-6)17-15-27-29(7,8)9;1-7-5-3-2-4-6-7;/h19-21,23-24H,15-18H2,1-14H3;2-6H,1H2;/q-3;-1;+4. The number of hydrogen-bond acceptors (Lipinski definition) is 2. The molecule has 2 rings (SSSR count). The van der Waals surface area contributed by atoms with Crippen LogP contribution in [-0.2, 0) is 35.1 Å². The summed E-state index contributed by atoms with van der Waals surface area (Å²) in [6.45, 7) is 36.2. The van der Waals surface area contributed by atoms with Gasteiger partial charge in [0.15, 0.2) is 16.6 Å². The molecule has 6 atom stereocenters. The van der Waals surface area contributed by atoms with Crippen molar-refractivity contribution in [3.63, 3.8) is 0 Å². The Morgan fingerprint density at radius 2 is 1.20 bits per heavy atom. The fraction of sp³-hybridized carbons (Fsp3) is 0.742. The van der Waals surface area contributed by atoms with Gasteiger partial charge in [-0.15, -0.1) is 18.2 Å². The summed E-state index contributed by atoms with van der Waals surface area (Å²) >= 11 is 0. The van der Waals surface area contributed by atoms with Crippen LogP contribution in [0.4, 0.5) is 0 Å². The number of rotatable bonds is 13. The molecule has 0 radical (unpaired) electrons. The Balaban J connectivity index is 0.00000164. The molecule has 1 aromatic rings. The van der Waals surface area contributed by atoms with E-state index in [0.29, 0.717) is 29.0 Å². The summed E-state index contributed by atoms with van der Waals surface area (Å²) in [5.41, 5.74) is 2.33. The number of benzene rings is 1. The maximum absolute atomic E-state index is 6.35. The van der Waals surface area contributed by atoms with Crippen molar-refractivity contribution < 1.29 is 35.1 Å². The van der Waals surface area contributed by atoms with Crippen molar-refractivity contribution in [2.24, 2.45) is 11.8 Å². The number of hydrogen-bond donors (Lipinski definition) is 0. The Morgan fingerprint density at radius 3 is 1.52 bits per heavy atom. The molecule has 0 N–H and O–H groups in total. The molecule has 0 amide bonds. The van der Waals surface area contributed by atoms with E-state index in [1.807, 2.05) is 30.3 Å². The predicted molar refractivity (Wildman–Crippen MR) is 185 cm³/mol. The van der Waals surface area contributed by atoms with E-state index in [1.165, 1.54) is 0 Å². The van der Waals surface area contributed by atoms with Gasteiger partial charge in [-0.1, -0.05) is 87.3 Å². The zero-order chi connectivity index (χ0) is 30.2. The first-order valence-corrected chi connectivity index (χ1v) is 27.4. The molecule has 228 valence electrons. The van der Waals surface area contributed by atoms with Gasteiger partial charge in [-0.05, 0) is 39.3 Å². The number of nitrogens with zero attached hydrogens (tertiary/aromatic N) is 2. The second-order valence-electron chi connectivity index (χ2n) is 14.5. The van der Waals surface area contributed by atoms with Crippen LogP contribution >= 0.6 is 0 Å². The molecule has 40 heavy (non-hydrogen) atoms. The summed E-state index contributed by atoms with van der Waals surface area (Å²) in [4.78, 5) is 10.6. The van der Waals surface area contributed by atoms with E-state index in [0.717, 1.165) is 30.9 Å². The SMILES string of the molecule is C[N-][Si](C)(CCO[Si](C)(C)C)C1[C-](C)C([Si](C)(CCO[Si](C)(C)C)[N-]C(C)C)C(C)C1C.[CH2-]c1ccccc1.[Zr+4]. The first kappa shape index (κ1) is 40.7. The molecule has 6 unspecified atom stereocenters. The molecule has 0 heterocycles. The zero-order valence-corrected chi connectivity index (χ0v) is 35.0. The van der Waals surface area contributed by atoms with Crippen LogP contribution < -0.4 is 0 Å². The van der Waals surface area contributed by atoms with Gasteiger partial charge in [-0.2, -0.15) is 49.7 Å². The molecule has 0 aliphatic heterocycles. The van der Waals surface area contributed by atoms with Crippen LogP contribution in [0.25, 0.3) is 9.96 Å². The van der Waals surface area contributed by atoms with Crippen LogP contribution in [0.2, 0.25) is 75.5 Å². The summed E-state index contributed by atoms with van der Waals surface area (Å²) in [6, 6.07) is 12.5. The van der Waals surface area contributed by atoms with Crippen LogP contribution in [0, 0.1) is 24.7 Å². The fourth-order valence-corrected chi connectivity index (χ4v) is 17.5. The van der Waals surface area contributed by atoms with Gasteiger partial charge in [-0.3, -0.25) is 0 Å². The molecule has 0 saturated heterocycles. The molecule has 1 saturated carbocycles. The Labute approximate surface area is 273 Å². The summed E-state index contributed by atoms with van der Waals surface area (Å²) in [5.74, 6) is 3.04. The van der Waals surface area contributed by atoms with Crippen molar-refractivity contribution in [1.82, 2.24) is 0 Å². The monoisotopic (exact) mass is 696 g/mol. The van der Waals surface area contributed by atoms with Gasteiger partial charge < -0.3 is 24.7 Å². The average Bonchev–Trinajstić information content (AvgIpc) is 3.01. The molecule has 4 nitrogen and oxygen atoms in total. The van der Waals surface area contributed by atoms with E-state index < -0.39 is 33.1 Å². The van der Waals surface area contributed by atoms with Gasteiger partial charge in [0, 0.05) is 13.2 Å². The molecule has 0 bridgehead atoms. The normalized spacial score (nSPS) is 25.0. The summed E-state index contributed by atoms with van der Waals surface area (Å²) in [6.07, 6.45) is 0. The molecule has 1 aliphatic rings. The van der Waals surface area contributed by atoms with Crippen molar-refractivity contribution in [2.45, 2.75) is 116 Å². The molecular formula is C31H62N2O2Si4Zr. The molecule has 0 aromatic heterocycles. The first-order valence-electron chi connectivity index (χ1n) is 15.1. The van der Waals surface area contributed by atoms with Crippen molar-refractivity contribution in [3.8, 4) is 0 Å². The third-order valence-electron chi connectivity index (χ3n) is 8.40. The second kappa shape index (κ2) is 17.2. The van der Waals surface area contributed by atoms with E-state index in [1.54, 1.807) is 5.92 Å². The van der Waals surface area contributed by atoms with Crippen LogP contribution in [0.1, 0.15) is 40.2 Å². The van der Waals surface area contributed by atoms with Crippen molar-refractivity contribution in [1.29, 1.82) is 0 Å². The maximum Gasteiger partial charge on any atom is 4.00 e. The van der Waals surface area contributed by atoms with Gasteiger partial charge in [0.2, 0.25) is 0 Å². The van der Waals surface area contributed by atoms with Crippen LogP contribution in [0.15, 0.2) is 30.3 Å². The van der Waals surface area contributed by atoms with Gasteiger partial charge in [-0.25, -0.2) is 0 Å². The minimum Gasteiger partial charge on any atom is -0.669 e. The molecule has 0 spiro atoms. The van der Waals surface area contributed by atoms with Crippen LogP contribution in [0.5, 0.6) is 0 Å². The molecular weight excluding hydrogens is 636 g/mol. The Bertz CT molecular complexity index is 837. The van der Waals surface area contributed by atoms with Crippen molar-refractivity contribution in [2.75, 3.05) is 20.3 Å². The largest absolute Gasteiger partial charge is 4.00 e. The minimum absolute atomic E-state index is 0.